The first-order chi connectivity index (χ1) is 11.0. The van der Waals surface area contributed by atoms with Crippen molar-refractivity contribution in [3.8, 4) is 0 Å². The number of para-hydroxylation sites is 1. The minimum absolute atomic E-state index is 0.101. The maximum absolute atomic E-state index is 12.4. The molecule has 2 amide bonds. The lowest BCUT2D eigenvalue weighted by atomic mass is 10.1. The summed E-state index contributed by atoms with van der Waals surface area (Å²) in [7, 11) is 0. The Morgan fingerprint density at radius 1 is 1.26 bits per heavy atom. The van der Waals surface area contributed by atoms with Crippen LogP contribution >= 0.6 is 11.6 Å². The van der Waals surface area contributed by atoms with Crippen LogP contribution in [0.3, 0.4) is 0 Å². The highest BCUT2D eigenvalue weighted by atomic mass is 35.5. The van der Waals surface area contributed by atoms with E-state index in [4.69, 9.17) is 11.6 Å². The molecule has 1 aliphatic rings. The third-order valence-corrected chi connectivity index (χ3v) is 4.10. The van der Waals surface area contributed by atoms with Crippen molar-refractivity contribution < 1.29 is 9.59 Å². The third-order valence-electron chi connectivity index (χ3n) is 3.78. The van der Waals surface area contributed by atoms with Crippen LogP contribution in [-0.2, 0) is 9.59 Å². The van der Waals surface area contributed by atoms with Crippen LogP contribution in [0, 0.1) is 12.8 Å². The standard InChI is InChI=1S/C17H16ClN3O2/c1-11-5-4-8-15(19-11)20-17(23)12-9-16(22)21(10-12)14-7-3-2-6-13(14)18/h2-8,12H,9-10H2,1H3,(H,19,20,23). The summed E-state index contributed by atoms with van der Waals surface area (Å²) < 4.78 is 0. The summed E-state index contributed by atoms with van der Waals surface area (Å²) in [6, 6.07) is 12.5. The fourth-order valence-corrected chi connectivity index (χ4v) is 2.87. The van der Waals surface area contributed by atoms with Gasteiger partial charge < -0.3 is 10.2 Å². The summed E-state index contributed by atoms with van der Waals surface area (Å²) in [5.74, 6) is -0.221. The van der Waals surface area contributed by atoms with Crippen molar-refractivity contribution in [1.29, 1.82) is 0 Å². The number of nitrogens with one attached hydrogen (secondary N) is 1. The van der Waals surface area contributed by atoms with Crippen LogP contribution in [0.1, 0.15) is 12.1 Å². The molecule has 1 aromatic carbocycles. The molecule has 2 heterocycles. The molecular formula is C17H16ClN3O2. The molecule has 118 valence electrons. The number of hydrogen-bond acceptors (Lipinski definition) is 3. The van der Waals surface area contributed by atoms with E-state index in [1.165, 1.54) is 0 Å². The molecule has 1 atom stereocenters. The van der Waals surface area contributed by atoms with Gasteiger partial charge in [0.1, 0.15) is 5.82 Å². The van der Waals surface area contributed by atoms with Gasteiger partial charge in [0.25, 0.3) is 0 Å². The highest BCUT2D eigenvalue weighted by Gasteiger charge is 2.35. The van der Waals surface area contributed by atoms with E-state index in [0.717, 1.165) is 5.69 Å². The molecule has 1 saturated heterocycles. The molecular weight excluding hydrogens is 314 g/mol. The second-order valence-electron chi connectivity index (χ2n) is 5.51. The molecule has 3 rings (SSSR count). The van der Waals surface area contributed by atoms with Crippen LogP contribution in [0.4, 0.5) is 11.5 Å². The highest BCUT2D eigenvalue weighted by molar-refractivity contribution is 6.33. The molecule has 1 aromatic heterocycles. The van der Waals surface area contributed by atoms with Gasteiger partial charge in [0.15, 0.2) is 0 Å². The second kappa shape index (κ2) is 6.38. The smallest absolute Gasteiger partial charge is 0.230 e. The van der Waals surface area contributed by atoms with Gasteiger partial charge in [-0.15, -0.1) is 0 Å². The molecule has 1 aliphatic heterocycles. The Kier molecular flexibility index (Phi) is 4.30. The summed E-state index contributed by atoms with van der Waals surface area (Å²) in [6.45, 7) is 2.17. The lowest BCUT2D eigenvalue weighted by Gasteiger charge is -2.18. The fourth-order valence-electron chi connectivity index (χ4n) is 2.63. The number of carbonyl (C=O) groups excluding carboxylic acids is 2. The predicted molar refractivity (Wildman–Crippen MR) is 89.5 cm³/mol. The number of aromatic nitrogens is 1. The molecule has 0 spiro atoms. The normalized spacial score (nSPS) is 17.4. The fraction of sp³-hybridized carbons (Fsp3) is 0.235. The van der Waals surface area contributed by atoms with E-state index in [1.54, 1.807) is 29.2 Å². The Labute approximate surface area is 139 Å². The van der Waals surface area contributed by atoms with E-state index >= 15 is 0 Å². The molecule has 5 nitrogen and oxygen atoms in total. The molecule has 0 bridgehead atoms. The Hall–Kier alpha value is -2.40. The minimum Gasteiger partial charge on any atom is -0.310 e. The number of nitrogens with zero attached hydrogens (tertiary/aromatic N) is 2. The van der Waals surface area contributed by atoms with Crippen molar-refractivity contribution in [3.63, 3.8) is 0 Å². The van der Waals surface area contributed by atoms with Crippen molar-refractivity contribution in [1.82, 2.24) is 4.98 Å². The molecule has 2 aromatic rings. The van der Waals surface area contributed by atoms with Crippen molar-refractivity contribution in [2.24, 2.45) is 5.92 Å². The molecule has 0 saturated carbocycles. The summed E-state index contributed by atoms with van der Waals surface area (Å²) in [6.07, 6.45) is 0.170. The zero-order valence-electron chi connectivity index (χ0n) is 12.6. The summed E-state index contributed by atoms with van der Waals surface area (Å²) in [5, 5.41) is 3.27. The highest BCUT2D eigenvalue weighted by Crippen LogP contribution is 2.31. The van der Waals surface area contributed by atoms with Crippen LogP contribution in [0.25, 0.3) is 0 Å². The average molecular weight is 330 g/mol. The number of benzene rings is 1. The monoisotopic (exact) mass is 329 g/mol. The third kappa shape index (κ3) is 3.35. The quantitative estimate of drug-likeness (QED) is 0.941. The van der Waals surface area contributed by atoms with E-state index in [0.29, 0.717) is 23.1 Å². The van der Waals surface area contributed by atoms with Gasteiger partial charge in [0.2, 0.25) is 11.8 Å². The predicted octanol–water partition coefficient (Wildman–Crippen LogP) is 3.04. The van der Waals surface area contributed by atoms with Crippen molar-refractivity contribution in [3.05, 3.63) is 53.2 Å². The van der Waals surface area contributed by atoms with Gasteiger partial charge in [-0.25, -0.2) is 4.98 Å². The number of amides is 2. The van der Waals surface area contributed by atoms with Gasteiger partial charge >= 0.3 is 0 Å². The summed E-state index contributed by atoms with van der Waals surface area (Å²) in [5.41, 5.74) is 1.46. The Morgan fingerprint density at radius 2 is 2.04 bits per heavy atom. The Bertz CT molecular complexity index is 763. The topological polar surface area (TPSA) is 62.3 Å². The molecule has 6 heteroatoms. The van der Waals surface area contributed by atoms with Crippen molar-refractivity contribution in [2.45, 2.75) is 13.3 Å². The zero-order chi connectivity index (χ0) is 16.4. The van der Waals surface area contributed by atoms with E-state index in [-0.39, 0.29) is 18.2 Å². The lowest BCUT2D eigenvalue weighted by molar-refractivity contribution is -0.122. The Morgan fingerprint density at radius 3 is 2.78 bits per heavy atom. The SMILES string of the molecule is Cc1cccc(NC(=O)C2CC(=O)N(c3ccccc3Cl)C2)n1. The van der Waals surface area contributed by atoms with Crippen LogP contribution < -0.4 is 10.2 Å². The van der Waals surface area contributed by atoms with Crippen LogP contribution in [0.2, 0.25) is 5.02 Å². The second-order valence-corrected chi connectivity index (χ2v) is 5.92. The van der Waals surface area contributed by atoms with Gasteiger partial charge in [0.05, 0.1) is 16.6 Å². The number of halogens is 1. The lowest BCUT2D eigenvalue weighted by Crippen LogP contribution is -2.28. The van der Waals surface area contributed by atoms with E-state index in [2.05, 4.69) is 10.3 Å². The van der Waals surface area contributed by atoms with Gasteiger partial charge in [-0.1, -0.05) is 29.8 Å². The molecule has 1 fully saturated rings. The van der Waals surface area contributed by atoms with Gasteiger partial charge in [-0.2, -0.15) is 0 Å². The van der Waals surface area contributed by atoms with Crippen molar-refractivity contribution >= 4 is 34.9 Å². The first-order valence-electron chi connectivity index (χ1n) is 7.34. The number of pyridine rings is 1. The number of aryl methyl sites for hydroxylation is 1. The molecule has 1 N–H and O–H groups in total. The largest absolute Gasteiger partial charge is 0.310 e. The van der Waals surface area contributed by atoms with Crippen LogP contribution in [0.5, 0.6) is 0 Å². The van der Waals surface area contributed by atoms with E-state index in [1.807, 2.05) is 25.1 Å². The number of carbonyl (C=O) groups is 2. The molecule has 1 unspecified atom stereocenters. The van der Waals surface area contributed by atoms with E-state index < -0.39 is 5.92 Å². The van der Waals surface area contributed by atoms with Gasteiger partial charge in [-0.3, -0.25) is 9.59 Å². The summed E-state index contributed by atoms with van der Waals surface area (Å²) >= 11 is 6.14. The first kappa shape index (κ1) is 15.5. The van der Waals surface area contributed by atoms with Gasteiger partial charge in [0, 0.05) is 18.7 Å². The maximum Gasteiger partial charge on any atom is 0.230 e. The van der Waals surface area contributed by atoms with Crippen LogP contribution in [-0.4, -0.2) is 23.3 Å². The summed E-state index contributed by atoms with van der Waals surface area (Å²) in [4.78, 5) is 30.4. The molecule has 23 heavy (non-hydrogen) atoms. The first-order valence-corrected chi connectivity index (χ1v) is 7.72. The minimum atomic E-state index is -0.416. The van der Waals surface area contributed by atoms with E-state index in [9.17, 15) is 9.59 Å². The number of rotatable bonds is 3. The average Bonchev–Trinajstić information content (AvgIpc) is 2.90. The zero-order valence-corrected chi connectivity index (χ0v) is 13.4. The molecule has 0 aliphatic carbocycles. The molecule has 0 radical (unpaired) electrons. The Balaban J connectivity index is 1.72. The maximum atomic E-state index is 12.4. The number of hydrogen-bond donors (Lipinski definition) is 1. The van der Waals surface area contributed by atoms with Crippen LogP contribution in [0.15, 0.2) is 42.5 Å². The van der Waals surface area contributed by atoms with Gasteiger partial charge in [-0.05, 0) is 31.2 Å². The van der Waals surface area contributed by atoms with Crippen molar-refractivity contribution in [2.75, 3.05) is 16.8 Å². The number of anilines is 2.